The second kappa shape index (κ2) is 11.7. The lowest BCUT2D eigenvalue weighted by molar-refractivity contribution is -0.122. The Morgan fingerprint density at radius 2 is 1.70 bits per heavy atom. The van der Waals surface area contributed by atoms with Gasteiger partial charge in [-0.05, 0) is 66.6 Å². The summed E-state index contributed by atoms with van der Waals surface area (Å²) in [6.45, 7) is 1.69. The van der Waals surface area contributed by atoms with Crippen LogP contribution >= 0.6 is 39.0 Å². The molecule has 12 heteroatoms. The van der Waals surface area contributed by atoms with Crippen molar-refractivity contribution in [1.82, 2.24) is 4.57 Å². The minimum Gasteiger partial charge on any atom is -0.493 e. The minimum atomic E-state index is -0.804. The number of aromatic nitrogens is 1. The topological polar surface area (TPSA) is 107 Å². The maximum atomic E-state index is 14.1. The summed E-state index contributed by atoms with van der Waals surface area (Å²) < 4.78 is 13.2. The number of amides is 3. The molecule has 3 atom stereocenters. The molecule has 4 aromatic rings. The molecule has 220 valence electrons. The lowest BCUT2D eigenvalue weighted by Gasteiger charge is -2.31. The molecule has 1 saturated heterocycles. The Labute approximate surface area is 263 Å². The van der Waals surface area contributed by atoms with Gasteiger partial charge in [-0.15, -0.1) is 0 Å². The van der Waals surface area contributed by atoms with Gasteiger partial charge >= 0.3 is 4.87 Å². The second-order valence-electron chi connectivity index (χ2n) is 10.2. The predicted molar refractivity (Wildman–Crippen MR) is 170 cm³/mol. The van der Waals surface area contributed by atoms with Crippen LogP contribution in [-0.4, -0.2) is 41.8 Å². The van der Waals surface area contributed by atoms with Gasteiger partial charge in [0.25, 0.3) is 0 Å². The van der Waals surface area contributed by atoms with Crippen LogP contribution in [0, 0.1) is 12.8 Å². The monoisotopic (exact) mass is 679 g/mol. The van der Waals surface area contributed by atoms with Crippen molar-refractivity contribution in [2.75, 3.05) is 24.4 Å². The highest BCUT2D eigenvalue weighted by atomic mass is 79.9. The molecule has 1 aromatic heterocycles. The molecule has 43 heavy (non-hydrogen) atoms. The number of imide groups is 1. The van der Waals surface area contributed by atoms with Gasteiger partial charge in [-0.2, -0.15) is 0 Å². The van der Waals surface area contributed by atoms with E-state index in [1.165, 1.54) is 35.4 Å². The van der Waals surface area contributed by atoms with Crippen LogP contribution in [0.3, 0.4) is 0 Å². The molecule has 3 amide bonds. The third kappa shape index (κ3) is 5.28. The van der Waals surface area contributed by atoms with Crippen LogP contribution in [-0.2, 0) is 20.9 Å². The summed E-state index contributed by atoms with van der Waals surface area (Å²) in [6, 6.07) is 19.7. The first-order valence-corrected chi connectivity index (χ1v) is 15.8. The Bertz CT molecular complexity index is 1820. The molecule has 2 aliphatic rings. The van der Waals surface area contributed by atoms with Gasteiger partial charge < -0.3 is 14.8 Å². The molecule has 3 heterocycles. The fraction of sp³-hybridized carbons (Fsp3) is 0.226. The van der Waals surface area contributed by atoms with Crippen molar-refractivity contribution in [3.8, 4) is 11.5 Å². The highest BCUT2D eigenvalue weighted by Gasteiger charge is 2.57. The van der Waals surface area contributed by atoms with Crippen molar-refractivity contribution in [1.29, 1.82) is 0 Å². The van der Waals surface area contributed by atoms with Crippen molar-refractivity contribution in [3.63, 3.8) is 0 Å². The summed E-state index contributed by atoms with van der Waals surface area (Å²) in [5, 5.41) is 2.56. The zero-order valence-corrected chi connectivity index (χ0v) is 26.5. The predicted octanol–water partition coefficient (Wildman–Crippen LogP) is 5.43. The first kappa shape index (κ1) is 29.2. The molecule has 0 spiro atoms. The van der Waals surface area contributed by atoms with Gasteiger partial charge in [-0.25, -0.2) is 4.90 Å². The molecule has 0 bridgehead atoms. The van der Waals surface area contributed by atoms with Crippen molar-refractivity contribution < 1.29 is 23.9 Å². The number of thiazole rings is 1. The van der Waals surface area contributed by atoms with Gasteiger partial charge in [-0.1, -0.05) is 57.2 Å². The van der Waals surface area contributed by atoms with Crippen LogP contribution in [0.2, 0.25) is 0 Å². The number of thioether (sulfide) groups is 1. The number of carbonyl (C=O) groups is 3. The minimum absolute atomic E-state index is 0.236. The Kier molecular flexibility index (Phi) is 7.92. The average molecular weight is 681 g/mol. The number of carbonyl (C=O) groups excluding carboxylic acids is 3. The standard InChI is InChI=1S/C31H26BrN3O6S2/c1-16-5-4-6-19(13-16)33-23(36)15-34-30-27(43-31(34)39)24(17-7-12-21(40-2)22(14-17)41-3)25-26(42-30)29(38)35(28(25)37)20-10-8-18(32)9-11-20/h4-14,24-26H,15H2,1-3H3,(H,33,36)/t24-,25-,26+/m0/s1. The number of halogens is 1. The highest BCUT2D eigenvalue weighted by molar-refractivity contribution is 9.10. The van der Waals surface area contributed by atoms with Crippen LogP contribution in [0.25, 0.3) is 0 Å². The Hall–Kier alpha value is -3.87. The largest absolute Gasteiger partial charge is 0.493 e. The first-order chi connectivity index (χ1) is 20.7. The van der Waals surface area contributed by atoms with Crippen LogP contribution in [0.1, 0.15) is 21.9 Å². The normalized spacial score (nSPS) is 19.2. The number of anilines is 2. The summed E-state index contributed by atoms with van der Waals surface area (Å²) in [5.74, 6) is -1.52. The number of benzene rings is 3. The summed E-state index contributed by atoms with van der Waals surface area (Å²) in [7, 11) is 3.06. The number of nitrogens with zero attached hydrogens (tertiary/aromatic N) is 2. The van der Waals surface area contributed by atoms with E-state index in [0.717, 1.165) is 21.4 Å². The molecule has 9 nitrogen and oxygen atoms in total. The third-order valence-corrected chi connectivity index (χ3v) is 10.6. The van der Waals surface area contributed by atoms with Crippen LogP contribution in [0.5, 0.6) is 11.5 Å². The fourth-order valence-corrected chi connectivity index (χ4v) is 8.61. The van der Waals surface area contributed by atoms with E-state index < -0.39 is 17.1 Å². The van der Waals surface area contributed by atoms with E-state index in [4.69, 9.17) is 9.47 Å². The molecular weight excluding hydrogens is 654 g/mol. The van der Waals surface area contributed by atoms with E-state index >= 15 is 0 Å². The number of aryl methyl sites for hydroxylation is 1. The molecule has 0 unspecified atom stereocenters. The van der Waals surface area contributed by atoms with E-state index in [0.29, 0.717) is 38.3 Å². The number of hydrogen-bond donors (Lipinski definition) is 1. The van der Waals surface area contributed by atoms with Crippen LogP contribution in [0.4, 0.5) is 11.4 Å². The van der Waals surface area contributed by atoms with E-state index in [-0.39, 0.29) is 29.1 Å². The van der Waals surface area contributed by atoms with E-state index in [2.05, 4.69) is 21.2 Å². The van der Waals surface area contributed by atoms with Crippen molar-refractivity contribution in [3.05, 3.63) is 96.9 Å². The van der Waals surface area contributed by atoms with Gasteiger partial charge in [0.2, 0.25) is 17.7 Å². The number of methoxy groups -OCH3 is 2. The summed E-state index contributed by atoms with van der Waals surface area (Å²) >= 11 is 5.57. The quantitative estimate of drug-likeness (QED) is 0.260. The summed E-state index contributed by atoms with van der Waals surface area (Å²) in [4.78, 5) is 56.0. The molecular formula is C31H26BrN3O6S2. The van der Waals surface area contributed by atoms with Gasteiger partial charge in [0.05, 0.1) is 30.9 Å². The van der Waals surface area contributed by atoms with Gasteiger partial charge in [0.1, 0.15) is 11.8 Å². The summed E-state index contributed by atoms with van der Waals surface area (Å²) in [6.07, 6.45) is 0. The lowest BCUT2D eigenvalue weighted by Crippen LogP contribution is -2.33. The van der Waals surface area contributed by atoms with Crippen LogP contribution < -0.4 is 24.6 Å². The number of rotatable bonds is 7. The van der Waals surface area contributed by atoms with E-state index in [1.807, 2.05) is 31.2 Å². The maximum absolute atomic E-state index is 14.1. The molecule has 0 saturated carbocycles. The van der Waals surface area contributed by atoms with Crippen molar-refractivity contribution in [2.45, 2.75) is 29.7 Å². The molecule has 1 fully saturated rings. The molecule has 1 N–H and O–H groups in total. The first-order valence-electron chi connectivity index (χ1n) is 13.3. The Morgan fingerprint density at radius 1 is 0.953 bits per heavy atom. The smallest absolute Gasteiger partial charge is 0.308 e. The highest BCUT2D eigenvalue weighted by Crippen LogP contribution is 2.54. The fourth-order valence-electron chi connectivity index (χ4n) is 5.57. The van der Waals surface area contributed by atoms with Gasteiger partial charge in [0.15, 0.2) is 11.5 Å². The number of hydrogen-bond acceptors (Lipinski definition) is 8. The molecule has 3 aromatic carbocycles. The number of nitrogens with one attached hydrogen (secondary N) is 1. The molecule has 2 aliphatic heterocycles. The number of fused-ring (bicyclic) bond motifs is 2. The zero-order valence-electron chi connectivity index (χ0n) is 23.3. The second-order valence-corrected chi connectivity index (χ2v) is 13.2. The SMILES string of the molecule is COc1ccc([C@@H]2c3sc(=O)n(CC(=O)Nc4cccc(C)c4)c3S[C@H]3C(=O)N(c4ccc(Br)cc4)C(=O)[C@@H]23)cc1OC. The van der Waals surface area contributed by atoms with Gasteiger partial charge in [0, 0.05) is 21.0 Å². The molecule has 6 rings (SSSR count). The van der Waals surface area contributed by atoms with E-state index in [9.17, 15) is 19.2 Å². The van der Waals surface area contributed by atoms with Crippen molar-refractivity contribution >= 4 is 68.1 Å². The lowest BCUT2D eigenvalue weighted by atomic mass is 9.83. The zero-order chi connectivity index (χ0) is 30.4. The van der Waals surface area contributed by atoms with E-state index in [1.54, 1.807) is 42.5 Å². The number of ether oxygens (including phenoxy) is 2. The van der Waals surface area contributed by atoms with Crippen LogP contribution in [0.15, 0.2) is 81.0 Å². The Balaban J connectivity index is 1.44. The Morgan fingerprint density at radius 3 is 2.40 bits per heavy atom. The third-order valence-electron chi connectivity index (χ3n) is 7.50. The van der Waals surface area contributed by atoms with Crippen molar-refractivity contribution in [2.24, 2.45) is 5.92 Å². The molecule has 0 radical (unpaired) electrons. The average Bonchev–Trinajstić information content (AvgIpc) is 3.43. The maximum Gasteiger partial charge on any atom is 0.308 e. The summed E-state index contributed by atoms with van der Waals surface area (Å²) in [5.41, 5.74) is 2.78. The molecule has 0 aliphatic carbocycles. The van der Waals surface area contributed by atoms with Gasteiger partial charge in [-0.3, -0.25) is 23.7 Å².